The first-order chi connectivity index (χ1) is 11.0. The summed E-state index contributed by atoms with van der Waals surface area (Å²) in [5.41, 5.74) is 0.862. The quantitative estimate of drug-likeness (QED) is 0.926. The Morgan fingerprint density at radius 1 is 1.30 bits per heavy atom. The molecule has 2 fully saturated rings. The molecular formula is C18H23FN2O2. The van der Waals surface area contributed by atoms with E-state index in [1.165, 1.54) is 19.1 Å². The van der Waals surface area contributed by atoms with E-state index in [1.54, 1.807) is 6.07 Å². The minimum Gasteiger partial charge on any atom is -0.352 e. The molecule has 3 rings (SSSR count). The van der Waals surface area contributed by atoms with Crippen molar-refractivity contribution < 1.29 is 14.0 Å². The molecule has 1 saturated heterocycles. The number of benzene rings is 1. The van der Waals surface area contributed by atoms with E-state index in [0.717, 1.165) is 37.8 Å². The van der Waals surface area contributed by atoms with E-state index >= 15 is 0 Å². The molecule has 23 heavy (non-hydrogen) atoms. The largest absolute Gasteiger partial charge is 0.352 e. The van der Waals surface area contributed by atoms with E-state index in [9.17, 15) is 14.0 Å². The minimum absolute atomic E-state index is 0.0628. The third-order valence-electron chi connectivity index (χ3n) is 4.71. The van der Waals surface area contributed by atoms with Crippen LogP contribution in [-0.2, 0) is 16.0 Å². The van der Waals surface area contributed by atoms with Crippen LogP contribution in [0.25, 0.3) is 0 Å². The third kappa shape index (κ3) is 3.89. The highest BCUT2D eigenvalue weighted by Gasteiger charge is 2.40. The maximum atomic E-state index is 13.5. The first kappa shape index (κ1) is 16.0. The summed E-state index contributed by atoms with van der Waals surface area (Å²) in [5, 5.41) is 2.98. The van der Waals surface area contributed by atoms with Crippen LogP contribution in [0.1, 0.15) is 38.2 Å². The second-order valence-corrected chi connectivity index (χ2v) is 6.66. The van der Waals surface area contributed by atoms with Crippen molar-refractivity contribution in [2.24, 2.45) is 5.92 Å². The van der Waals surface area contributed by atoms with Crippen molar-refractivity contribution >= 4 is 11.8 Å². The number of piperidine rings is 1. The van der Waals surface area contributed by atoms with Crippen molar-refractivity contribution in [3.05, 3.63) is 35.6 Å². The van der Waals surface area contributed by atoms with Crippen LogP contribution in [0.4, 0.5) is 4.39 Å². The monoisotopic (exact) mass is 318 g/mol. The van der Waals surface area contributed by atoms with Crippen molar-refractivity contribution in [3.8, 4) is 0 Å². The smallest absolute Gasteiger partial charge is 0.226 e. The fourth-order valence-electron chi connectivity index (χ4n) is 3.48. The Kier molecular flexibility index (Phi) is 4.64. The van der Waals surface area contributed by atoms with Crippen LogP contribution < -0.4 is 5.32 Å². The van der Waals surface area contributed by atoms with Gasteiger partial charge >= 0.3 is 0 Å². The minimum atomic E-state index is -0.269. The summed E-state index contributed by atoms with van der Waals surface area (Å²) >= 11 is 0. The number of hydrogen-bond donors (Lipinski definition) is 1. The average molecular weight is 318 g/mol. The van der Waals surface area contributed by atoms with Crippen LogP contribution >= 0.6 is 0 Å². The number of amides is 2. The summed E-state index contributed by atoms with van der Waals surface area (Å²) in [5.74, 6) is -0.00281. The number of carbonyl (C=O) groups excluding carboxylic acids is 2. The number of hydrogen-bond acceptors (Lipinski definition) is 2. The Morgan fingerprint density at radius 3 is 2.74 bits per heavy atom. The fourth-order valence-corrected chi connectivity index (χ4v) is 3.48. The summed E-state index contributed by atoms with van der Waals surface area (Å²) in [6.45, 7) is 2.23. The maximum absolute atomic E-state index is 13.5. The number of nitrogens with zero attached hydrogens (tertiary/aromatic N) is 1. The molecule has 124 valence electrons. The zero-order valence-corrected chi connectivity index (χ0v) is 13.4. The Hall–Kier alpha value is -1.91. The molecule has 5 heteroatoms. The van der Waals surface area contributed by atoms with Gasteiger partial charge in [-0.15, -0.1) is 0 Å². The van der Waals surface area contributed by atoms with E-state index in [4.69, 9.17) is 0 Å². The van der Waals surface area contributed by atoms with Crippen molar-refractivity contribution in [2.75, 3.05) is 6.54 Å². The molecule has 2 aliphatic rings. The molecule has 2 atom stereocenters. The van der Waals surface area contributed by atoms with Crippen molar-refractivity contribution in [1.82, 2.24) is 10.2 Å². The number of likely N-dealkylation sites (tertiary alicyclic amines) is 1. The van der Waals surface area contributed by atoms with Crippen LogP contribution in [0.2, 0.25) is 0 Å². The Morgan fingerprint density at radius 2 is 2.09 bits per heavy atom. The lowest BCUT2D eigenvalue weighted by Crippen LogP contribution is -2.58. The highest BCUT2D eigenvalue weighted by molar-refractivity contribution is 5.81. The zero-order chi connectivity index (χ0) is 16.4. The molecule has 0 radical (unpaired) electrons. The number of rotatable bonds is 4. The van der Waals surface area contributed by atoms with Gasteiger partial charge < -0.3 is 10.2 Å². The van der Waals surface area contributed by atoms with E-state index in [-0.39, 0.29) is 35.6 Å². The molecule has 1 aromatic carbocycles. The van der Waals surface area contributed by atoms with Gasteiger partial charge in [0.05, 0.1) is 6.04 Å². The highest BCUT2D eigenvalue weighted by atomic mass is 19.1. The van der Waals surface area contributed by atoms with Gasteiger partial charge in [-0.3, -0.25) is 9.59 Å². The van der Waals surface area contributed by atoms with Crippen LogP contribution in [0, 0.1) is 11.7 Å². The lowest BCUT2D eigenvalue weighted by atomic mass is 9.90. The van der Waals surface area contributed by atoms with Crippen LogP contribution in [0.3, 0.4) is 0 Å². The molecule has 0 spiro atoms. The topological polar surface area (TPSA) is 49.4 Å². The van der Waals surface area contributed by atoms with Gasteiger partial charge in [0.25, 0.3) is 0 Å². The molecular weight excluding hydrogens is 295 g/mol. The van der Waals surface area contributed by atoms with Gasteiger partial charge in [-0.05, 0) is 49.8 Å². The predicted molar refractivity (Wildman–Crippen MR) is 85.2 cm³/mol. The lowest BCUT2D eigenvalue weighted by Gasteiger charge is -2.42. The second kappa shape index (κ2) is 6.69. The van der Waals surface area contributed by atoms with Gasteiger partial charge in [-0.25, -0.2) is 4.39 Å². The molecule has 1 N–H and O–H groups in total. The molecule has 2 amide bonds. The van der Waals surface area contributed by atoms with Crippen LogP contribution in [-0.4, -0.2) is 35.3 Å². The van der Waals surface area contributed by atoms with Gasteiger partial charge in [-0.1, -0.05) is 12.1 Å². The second-order valence-electron chi connectivity index (χ2n) is 6.66. The molecule has 0 unspecified atom stereocenters. The summed E-state index contributed by atoms with van der Waals surface area (Å²) < 4.78 is 13.5. The number of carbonyl (C=O) groups is 2. The molecule has 1 aromatic rings. The first-order valence-electron chi connectivity index (χ1n) is 8.36. The van der Waals surface area contributed by atoms with Gasteiger partial charge in [0, 0.05) is 25.4 Å². The van der Waals surface area contributed by atoms with E-state index in [0.29, 0.717) is 6.42 Å². The van der Waals surface area contributed by atoms with Crippen molar-refractivity contribution in [1.29, 1.82) is 0 Å². The standard InChI is InChI=1S/C18H23FN2O2/c1-12(22)20-16-6-3-9-21(18(23)14-7-8-14)17(16)11-13-4-2-5-15(19)10-13/h2,4-5,10,14,16-17H,3,6-9,11H2,1H3,(H,20,22)/t16-,17-/m0/s1. The highest BCUT2D eigenvalue weighted by Crippen LogP contribution is 2.34. The third-order valence-corrected chi connectivity index (χ3v) is 4.71. The average Bonchev–Trinajstić information content (AvgIpc) is 3.32. The molecule has 0 aromatic heterocycles. The Balaban J connectivity index is 1.82. The maximum Gasteiger partial charge on any atom is 0.226 e. The zero-order valence-electron chi connectivity index (χ0n) is 13.4. The first-order valence-corrected chi connectivity index (χ1v) is 8.36. The Labute approximate surface area is 136 Å². The number of halogens is 1. The fraction of sp³-hybridized carbons (Fsp3) is 0.556. The molecule has 1 saturated carbocycles. The van der Waals surface area contributed by atoms with Crippen molar-refractivity contribution in [2.45, 2.75) is 51.1 Å². The van der Waals surface area contributed by atoms with Crippen LogP contribution in [0.5, 0.6) is 0 Å². The SMILES string of the molecule is CC(=O)N[C@H]1CCCN(C(=O)C2CC2)[C@H]1Cc1cccc(F)c1. The Bertz CT molecular complexity index is 600. The molecule has 4 nitrogen and oxygen atoms in total. The van der Waals surface area contributed by atoms with E-state index in [2.05, 4.69) is 5.32 Å². The molecule has 1 heterocycles. The van der Waals surface area contributed by atoms with E-state index < -0.39 is 0 Å². The normalized spacial score (nSPS) is 24.3. The predicted octanol–water partition coefficient (Wildman–Crippen LogP) is 2.27. The molecule has 1 aliphatic heterocycles. The van der Waals surface area contributed by atoms with Gasteiger partial charge in [0.2, 0.25) is 11.8 Å². The van der Waals surface area contributed by atoms with Gasteiger partial charge in [0.1, 0.15) is 5.82 Å². The summed E-state index contributed by atoms with van der Waals surface area (Å²) in [6, 6.07) is 6.34. The van der Waals surface area contributed by atoms with Crippen LogP contribution in [0.15, 0.2) is 24.3 Å². The molecule has 1 aliphatic carbocycles. The summed E-state index contributed by atoms with van der Waals surface area (Å²) in [4.78, 5) is 26.0. The van der Waals surface area contributed by atoms with Crippen molar-refractivity contribution in [3.63, 3.8) is 0 Å². The lowest BCUT2D eigenvalue weighted by molar-refractivity contribution is -0.138. The summed E-state index contributed by atoms with van der Waals surface area (Å²) in [7, 11) is 0. The summed E-state index contributed by atoms with van der Waals surface area (Å²) in [6.07, 6.45) is 4.25. The molecule has 0 bridgehead atoms. The number of nitrogens with one attached hydrogen (secondary N) is 1. The van der Waals surface area contributed by atoms with Gasteiger partial charge in [-0.2, -0.15) is 0 Å². The van der Waals surface area contributed by atoms with Gasteiger partial charge in [0.15, 0.2) is 0 Å². The van der Waals surface area contributed by atoms with E-state index in [1.807, 2.05) is 11.0 Å².